The highest BCUT2D eigenvalue weighted by Gasteiger charge is 2.54. The van der Waals surface area contributed by atoms with E-state index in [1.165, 1.54) is 4.90 Å². The van der Waals surface area contributed by atoms with Crippen molar-refractivity contribution in [1.82, 2.24) is 4.90 Å². The monoisotopic (exact) mass is 397 g/mol. The van der Waals surface area contributed by atoms with Crippen LogP contribution in [0.2, 0.25) is 5.02 Å². The molecule has 27 heavy (non-hydrogen) atoms. The molecule has 2 bridgehead atoms. The lowest BCUT2D eigenvalue weighted by Crippen LogP contribution is -2.65. The van der Waals surface area contributed by atoms with Gasteiger partial charge in [0.15, 0.2) is 0 Å². The number of nitrogens with zero attached hydrogens (tertiary/aromatic N) is 2. The van der Waals surface area contributed by atoms with E-state index in [9.17, 15) is 18.0 Å². The number of amides is 2. The molecule has 144 valence electrons. The molecule has 3 aliphatic rings. The molecule has 1 aromatic carbocycles. The maximum absolute atomic E-state index is 12.9. The molecule has 1 N–H and O–H groups in total. The standard InChI is InChI=1S/C19H19ClF3N3O/c20-17-4-2-12(7-16(17)15-3-1-10(15)9-24)25-18(27)26-13-5-11(19(21,22)23)6-14(26)8-13/h2,4,7,10-11,13-15H,1,3,5-6,8H2,(H,25,27)/t10-,11?,13?,14?,15+/m1/s1. The second kappa shape index (κ2) is 6.59. The molecule has 2 unspecified atom stereocenters. The van der Waals surface area contributed by atoms with Gasteiger partial charge < -0.3 is 10.2 Å². The van der Waals surface area contributed by atoms with Crippen LogP contribution < -0.4 is 5.32 Å². The summed E-state index contributed by atoms with van der Waals surface area (Å²) < 4.78 is 38.7. The first-order valence-corrected chi connectivity index (χ1v) is 9.51. The zero-order valence-corrected chi connectivity index (χ0v) is 15.2. The average Bonchev–Trinajstić information content (AvgIpc) is 2.56. The van der Waals surface area contributed by atoms with E-state index >= 15 is 0 Å². The van der Waals surface area contributed by atoms with E-state index in [4.69, 9.17) is 16.9 Å². The van der Waals surface area contributed by atoms with Crippen molar-refractivity contribution in [3.05, 3.63) is 28.8 Å². The Balaban J connectivity index is 1.43. The third-order valence-electron chi connectivity index (χ3n) is 6.23. The van der Waals surface area contributed by atoms with Gasteiger partial charge in [-0.3, -0.25) is 0 Å². The summed E-state index contributed by atoms with van der Waals surface area (Å²) in [5, 5.41) is 12.5. The lowest BCUT2D eigenvalue weighted by atomic mass is 9.71. The maximum atomic E-state index is 12.9. The number of halogens is 4. The molecule has 2 aliphatic carbocycles. The summed E-state index contributed by atoms with van der Waals surface area (Å²) in [6, 6.07) is 6.35. The molecule has 1 saturated heterocycles. The number of carbonyl (C=O) groups excluding carboxylic acids is 1. The molecule has 4 rings (SSSR count). The Hall–Kier alpha value is -1.94. The van der Waals surface area contributed by atoms with Gasteiger partial charge in [0.2, 0.25) is 0 Å². The first-order valence-electron chi connectivity index (χ1n) is 9.13. The van der Waals surface area contributed by atoms with Gasteiger partial charge in [0.25, 0.3) is 0 Å². The minimum atomic E-state index is -4.19. The van der Waals surface area contributed by atoms with Gasteiger partial charge in [-0.1, -0.05) is 11.6 Å². The number of fused-ring (bicyclic) bond motifs is 2. The van der Waals surface area contributed by atoms with Crippen LogP contribution in [0.5, 0.6) is 0 Å². The van der Waals surface area contributed by atoms with E-state index in [-0.39, 0.29) is 42.8 Å². The minimum Gasteiger partial charge on any atom is -0.318 e. The van der Waals surface area contributed by atoms with Crippen molar-refractivity contribution < 1.29 is 18.0 Å². The topological polar surface area (TPSA) is 56.1 Å². The molecule has 2 amide bonds. The Labute approximate surface area is 160 Å². The van der Waals surface area contributed by atoms with Crippen LogP contribution in [0.15, 0.2) is 18.2 Å². The number of anilines is 1. The highest BCUT2D eigenvalue weighted by molar-refractivity contribution is 6.31. The number of rotatable bonds is 2. The Morgan fingerprint density at radius 3 is 2.48 bits per heavy atom. The smallest absolute Gasteiger partial charge is 0.318 e. The van der Waals surface area contributed by atoms with Crippen LogP contribution in [0, 0.1) is 23.2 Å². The van der Waals surface area contributed by atoms with Crippen LogP contribution in [0.4, 0.5) is 23.7 Å². The van der Waals surface area contributed by atoms with Crippen molar-refractivity contribution in [3.63, 3.8) is 0 Å². The summed E-state index contributed by atoms with van der Waals surface area (Å²) in [4.78, 5) is 14.1. The van der Waals surface area contributed by atoms with Gasteiger partial charge in [-0.2, -0.15) is 18.4 Å². The number of hydrogen-bond acceptors (Lipinski definition) is 2. The molecule has 1 aliphatic heterocycles. The predicted molar refractivity (Wildman–Crippen MR) is 94.4 cm³/mol. The molecule has 0 aromatic heterocycles. The molecule has 0 radical (unpaired) electrons. The molecule has 4 atom stereocenters. The van der Waals surface area contributed by atoms with Crippen LogP contribution in [-0.2, 0) is 0 Å². The van der Waals surface area contributed by atoms with Crippen LogP contribution in [0.25, 0.3) is 0 Å². The van der Waals surface area contributed by atoms with Crippen LogP contribution >= 0.6 is 11.6 Å². The SMILES string of the molecule is N#C[C@H]1CC[C@@H]1c1cc(NC(=O)N2C3CC2CC(C(F)(F)F)C3)ccc1Cl. The quantitative estimate of drug-likeness (QED) is 0.735. The number of nitriles is 1. The Bertz CT molecular complexity index is 794. The first kappa shape index (κ1) is 18.4. The predicted octanol–water partition coefficient (Wildman–Crippen LogP) is 5.30. The molecule has 3 fully saturated rings. The normalized spacial score (nSPS) is 32.1. The fraction of sp³-hybridized carbons (Fsp3) is 0.579. The summed E-state index contributed by atoms with van der Waals surface area (Å²) in [5.74, 6) is -1.31. The van der Waals surface area contributed by atoms with Gasteiger partial charge in [0.1, 0.15) is 0 Å². The molecule has 1 heterocycles. The number of likely N-dealkylation sites (tertiary alicyclic amines) is 1. The fourth-order valence-corrected chi connectivity index (χ4v) is 4.85. The van der Waals surface area contributed by atoms with E-state index in [1.54, 1.807) is 18.2 Å². The van der Waals surface area contributed by atoms with Gasteiger partial charge in [-0.05, 0) is 55.9 Å². The molecular weight excluding hydrogens is 379 g/mol. The van der Waals surface area contributed by atoms with E-state index in [2.05, 4.69) is 11.4 Å². The second-order valence-electron chi connectivity index (χ2n) is 7.75. The Morgan fingerprint density at radius 1 is 1.22 bits per heavy atom. The summed E-state index contributed by atoms with van der Waals surface area (Å²) in [5.41, 5.74) is 1.40. The second-order valence-corrected chi connectivity index (χ2v) is 8.15. The zero-order valence-electron chi connectivity index (χ0n) is 14.5. The van der Waals surface area contributed by atoms with Crippen molar-refractivity contribution >= 4 is 23.3 Å². The molecular formula is C19H19ClF3N3O. The summed E-state index contributed by atoms with van der Waals surface area (Å²) >= 11 is 6.26. The van der Waals surface area contributed by atoms with E-state index < -0.39 is 12.1 Å². The van der Waals surface area contributed by atoms with Crippen molar-refractivity contribution in [1.29, 1.82) is 5.26 Å². The van der Waals surface area contributed by atoms with E-state index in [1.807, 2.05) is 0 Å². The number of benzene rings is 1. The van der Waals surface area contributed by atoms with Crippen molar-refractivity contribution in [2.24, 2.45) is 11.8 Å². The van der Waals surface area contributed by atoms with Gasteiger partial charge in [-0.25, -0.2) is 4.79 Å². The minimum absolute atomic E-state index is 0.0226. The third kappa shape index (κ3) is 3.25. The number of carbonyl (C=O) groups is 1. The molecule has 0 spiro atoms. The van der Waals surface area contributed by atoms with Gasteiger partial charge in [-0.15, -0.1) is 0 Å². The zero-order chi connectivity index (χ0) is 19.3. The lowest BCUT2D eigenvalue weighted by molar-refractivity contribution is -0.205. The number of alkyl halides is 3. The first-order chi connectivity index (χ1) is 12.8. The number of urea groups is 1. The lowest BCUT2D eigenvalue weighted by Gasteiger charge is -2.55. The maximum Gasteiger partial charge on any atom is 0.391 e. The number of piperidine rings is 1. The third-order valence-corrected chi connectivity index (χ3v) is 6.57. The number of hydrogen-bond donors (Lipinski definition) is 1. The van der Waals surface area contributed by atoms with E-state index in [0.717, 1.165) is 18.4 Å². The Kier molecular flexibility index (Phi) is 4.50. The molecule has 8 heteroatoms. The summed E-state index contributed by atoms with van der Waals surface area (Å²) in [6.45, 7) is 0. The van der Waals surface area contributed by atoms with Crippen LogP contribution in [0.3, 0.4) is 0 Å². The summed E-state index contributed by atoms with van der Waals surface area (Å²) in [7, 11) is 0. The summed E-state index contributed by atoms with van der Waals surface area (Å²) in [6.07, 6.45) is -1.88. The van der Waals surface area contributed by atoms with Gasteiger partial charge in [0.05, 0.1) is 17.9 Å². The van der Waals surface area contributed by atoms with Crippen LogP contribution in [0.1, 0.15) is 43.6 Å². The highest BCUT2D eigenvalue weighted by atomic mass is 35.5. The molecule has 1 aromatic rings. The van der Waals surface area contributed by atoms with Crippen molar-refractivity contribution in [3.8, 4) is 6.07 Å². The van der Waals surface area contributed by atoms with Crippen molar-refractivity contribution in [2.45, 2.75) is 56.3 Å². The average molecular weight is 398 g/mol. The largest absolute Gasteiger partial charge is 0.391 e. The van der Waals surface area contributed by atoms with E-state index in [0.29, 0.717) is 17.1 Å². The molecule has 4 nitrogen and oxygen atoms in total. The molecule has 2 saturated carbocycles. The fourth-order valence-electron chi connectivity index (χ4n) is 4.59. The number of nitrogens with one attached hydrogen (secondary N) is 1. The Morgan fingerprint density at radius 2 is 1.93 bits per heavy atom. The van der Waals surface area contributed by atoms with Crippen LogP contribution in [-0.4, -0.2) is 29.2 Å². The van der Waals surface area contributed by atoms with Crippen molar-refractivity contribution in [2.75, 3.05) is 5.32 Å². The van der Waals surface area contributed by atoms with Gasteiger partial charge in [0, 0.05) is 28.7 Å². The van der Waals surface area contributed by atoms with Gasteiger partial charge >= 0.3 is 12.2 Å². The highest BCUT2D eigenvalue weighted by Crippen LogP contribution is 2.48.